The van der Waals surface area contributed by atoms with E-state index in [0.29, 0.717) is 50.8 Å². The Bertz CT molecular complexity index is 1290. The Morgan fingerprint density at radius 3 is 2.23 bits per heavy atom. The number of nitro groups is 1. The number of nitro benzene ring substituents is 1. The lowest BCUT2D eigenvalue weighted by Crippen LogP contribution is -2.49. The van der Waals surface area contributed by atoms with Gasteiger partial charge in [0, 0.05) is 68.0 Å². The Hall–Kier alpha value is -3.81. The summed E-state index contributed by atoms with van der Waals surface area (Å²) in [6, 6.07) is 16.6. The lowest BCUT2D eigenvalue weighted by atomic mass is 9.84. The molecule has 0 spiro atoms. The highest BCUT2D eigenvalue weighted by Crippen LogP contribution is 2.30. The van der Waals surface area contributed by atoms with E-state index < -0.39 is 0 Å². The van der Waals surface area contributed by atoms with E-state index in [1.807, 2.05) is 42.2 Å². The van der Waals surface area contributed by atoms with E-state index in [1.54, 1.807) is 12.1 Å². The number of rotatable bonds is 8. The molecule has 8 heteroatoms. The molecule has 1 atom stereocenters. The van der Waals surface area contributed by atoms with Gasteiger partial charge < -0.3 is 9.80 Å². The third-order valence-corrected chi connectivity index (χ3v) is 7.17. The van der Waals surface area contributed by atoms with Crippen LogP contribution in [0.5, 0.6) is 0 Å². The van der Waals surface area contributed by atoms with E-state index in [2.05, 4.69) is 32.6 Å². The van der Waals surface area contributed by atoms with E-state index in [9.17, 15) is 14.9 Å². The standard InChI is InChI=1S/C31H39N5O3/c1-22(21-31(3,4)5)19-28(37)34-15-17-35(18-16-34)30-27(20-24-11-13-26(14-12-24)36(38)39)23(2)32-29(33-30)25-9-7-6-8-10-25/h6-14,22H,15-21H2,1-5H3/t22-/m1/s1. The van der Waals surface area contributed by atoms with Crippen LogP contribution in [-0.2, 0) is 11.2 Å². The van der Waals surface area contributed by atoms with Crippen LogP contribution in [0.15, 0.2) is 54.6 Å². The number of piperazine rings is 1. The second-order valence-corrected chi connectivity index (χ2v) is 11.8. The van der Waals surface area contributed by atoms with Gasteiger partial charge in [-0.15, -0.1) is 0 Å². The maximum absolute atomic E-state index is 13.0. The monoisotopic (exact) mass is 529 g/mol. The van der Waals surface area contributed by atoms with Crippen molar-refractivity contribution >= 4 is 17.4 Å². The fourth-order valence-corrected chi connectivity index (χ4v) is 5.42. The highest BCUT2D eigenvalue weighted by Gasteiger charge is 2.27. The van der Waals surface area contributed by atoms with E-state index >= 15 is 0 Å². The molecule has 39 heavy (non-hydrogen) atoms. The summed E-state index contributed by atoms with van der Waals surface area (Å²) < 4.78 is 0. The van der Waals surface area contributed by atoms with Gasteiger partial charge in [0.25, 0.3) is 5.69 Å². The van der Waals surface area contributed by atoms with Crippen LogP contribution in [0, 0.1) is 28.4 Å². The van der Waals surface area contributed by atoms with Crippen molar-refractivity contribution in [3.8, 4) is 11.4 Å². The normalized spacial score (nSPS) is 14.8. The molecule has 0 radical (unpaired) electrons. The van der Waals surface area contributed by atoms with Gasteiger partial charge in [0.2, 0.25) is 5.91 Å². The number of non-ortho nitro benzene ring substituents is 1. The minimum atomic E-state index is -0.386. The molecule has 0 unspecified atom stereocenters. The molecule has 1 saturated heterocycles. The molecule has 1 fully saturated rings. The molecule has 2 heterocycles. The largest absolute Gasteiger partial charge is 0.353 e. The lowest BCUT2D eigenvalue weighted by molar-refractivity contribution is -0.384. The molecule has 1 aliphatic rings. The number of aromatic nitrogens is 2. The molecule has 3 aromatic rings. The number of hydrogen-bond donors (Lipinski definition) is 0. The summed E-state index contributed by atoms with van der Waals surface area (Å²) >= 11 is 0. The van der Waals surface area contributed by atoms with Gasteiger partial charge in [-0.05, 0) is 30.2 Å². The Morgan fingerprint density at radius 2 is 1.64 bits per heavy atom. The van der Waals surface area contributed by atoms with Crippen molar-refractivity contribution in [2.45, 2.75) is 53.9 Å². The first-order chi connectivity index (χ1) is 18.5. The van der Waals surface area contributed by atoms with Gasteiger partial charge in [0.05, 0.1) is 4.92 Å². The molecule has 0 saturated carbocycles. The maximum atomic E-state index is 13.0. The van der Waals surface area contributed by atoms with Gasteiger partial charge in [0.1, 0.15) is 5.82 Å². The average molecular weight is 530 g/mol. The van der Waals surface area contributed by atoms with Crippen LogP contribution < -0.4 is 4.90 Å². The van der Waals surface area contributed by atoms with Crippen molar-refractivity contribution in [3.05, 3.63) is 81.5 Å². The average Bonchev–Trinajstić information content (AvgIpc) is 2.89. The number of carbonyl (C=O) groups excluding carboxylic acids is 1. The van der Waals surface area contributed by atoms with Crippen molar-refractivity contribution < 1.29 is 9.72 Å². The summed E-state index contributed by atoms with van der Waals surface area (Å²) in [6.45, 7) is 13.5. The van der Waals surface area contributed by atoms with Crippen LogP contribution in [0.3, 0.4) is 0 Å². The fraction of sp³-hybridized carbons (Fsp3) is 0.452. The first-order valence-corrected chi connectivity index (χ1v) is 13.7. The third kappa shape index (κ3) is 7.40. The zero-order valence-corrected chi connectivity index (χ0v) is 23.7. The van der Waals surface area contributed by atoms with Crippen LogP contribution in [0.1, 0.15) is 57.4 Å². The van der Waals surface area contributed by atoms with Gasteiger partial charge in [-0.1, -0.05) is 70.2 Å². The SMILES string of the molecule is Cc1nc(-c2ccccc2)nc(N2CCN(C(=O)C[C@@H](C)CC(C)(C)C)CC2)c1Cc1ccc([N+](=O)[O-])cc1. The molecule has 0 N–H and O–H groups in total. The summed E-state index contributed by atoms with van der Waals surface area (Å²) in [5.74, 6) is 2.11. The highest BCUT2D eigenvalue weighted by molar-refractivity contribution is 5.77. The van der Waals surface area contributed by atoms with E-state index in [4.69, 9.17) is 9.97 Å². The molecule has 1 aliphatic heterocycles. The van der Waals surface area contributed by atoms with Crippen molar-refractivity contribution in [3.63, 3.8) is 0 Å². The number of hydrogen-bond acceptors (Lipinski definition) is 6. The topological polar surface area (TPSA) is 92.5 Å². The number of anilines is 1. The van der Waals surface area contributed by atoms with Crippen LogP contribution in [0.2, 0.25) is 0 Å². The number of nitrogens with zero attached hydrogens (tertiary/aromatic N) is 5. The molecule has 0 bridgehead atoms. The molecule has 206 valence electrons. The smallest absolute Gasteiger partial charge is 0.269 e. The predicted molar refractivity (Wildman–Crippen MR) is 155 cm³/mol. The molecule has 2 aromatic carbocycles. The van der Waals surface area contributed by atoms with Crippen molar-refractivity contribution in [2.75, 3.05) is 31.1 Å². The van der Waals surface area contributed by atoms with Crippen LogP contribution in [0.4, 0.5) is 11.5 Å². The van der Waals surface area contributed by atoms with Crippen molar-refractivity contribution in [2.24, 2.45) is 11.3 Å². The van der Waals surface area contributed by atoms with Gasteiger partial charge in [-0.3, -0.25) is 14.9 Å². The van der Waals surface area contributed by atoms with Gasteiger partial charge in [-0.2, -0.15) is 0 Å². The van der Waals surface area contributed by atoms with Crippen molar-refractivity contribution in [1.29, 1.82) is 0 Å². The predicted octanol–water partition coefficient (Wildman–Crippen LogP) is 6.06. The van der Waals surface area contributed by atoms with Gasteiger partial charge in [0.15, 0.2) is 5.82 Å². The molecular weight excluding hydrogens is 490 g/mol. The maximum Gasteiger partial charge on any atom is 0.269 e. The number of aryl methyl sites for hydroxylation is 1. The quantitative estimate of drug-likeness (QED) is 0.260. The molecule has 4 rings (SSSR count). The summed E-state index contributed by atoms with van der Waals surface area (Å²) in [5, 5.41) is 11.1. The second-order valence-electron chi connectivity index (χ2n) is 11.8. The number of benzene rings is 2. The second kappa shape index (κ2) is 11.9. The van der Waals surface area contributed by atoms with Crippen LogP contribution in [-0.4, -0.2) is 51.9 Å². The summed E-state index contributed by atoms with van der Waals surface area (Å²) in [6.07, 6.45) is 2.16. The van der Waals surface area contributed by atoms with Gasteiger partial charge in [-0.25, -0.2) is 9.97 Å². The van der Waals surface area contributed by atoms with E-state index in [-0.39, 0.29) is 21.9 Å². The Balaban J connectivity index is 1.56. The van der Waals surface area contributed by atoms with Crippen LogP contribution in [0.25, 0.3) is 11.4 Å². The fourth-order valence-electron chi connectivity index (χ4n) is 5.42. The highest BCUT2D eigenvalue weighted by atomic mass is 16.6. The first-order valence-electron chi connectivity index (χ1n) is 13.7. The Morgan fingerprint density at radius 1 is 1.00 bits per heavy atom. The zero-order chi connectivity index (χ0) is 28.2. The molecule has 1 amide bonds. The van der Waals surface area contributed by atoms with E-state index in [0.717, 1.165) is 34.6 Å². The minimum Gasteiger partial charge on any atom is -0.353 e. The summed E-state index contributed by atoms with van der Waals surface area (Å²) in [5.41, 5.74) is 4.07. The first kappa shape index (κ1) is 28.2. The Kier molecular flexibility index (Phi) is 8.63. The molecule has 1 aromatic heterocycles. The lowest BCUT2D eigenvalue weighted by Gasteiger charge is -2.37. The third-order valence-electron chi connectivity index (χ3n) is 7.17. The molecule has 0 aliphatic carbocycles. The summed E-state index contributed by atoms with van der Waals surface area (Å²) in [7, 11) is 0. The van der Waals surface area contributed by atoms with Crippen LogP contribution >= 0.6 is 0 Å². The van der Waals surface area contributed by atoms with E-state index in [1.165, 1.54) is 12.1 Å². The molecule has 8 nitrogen and oxygen atoms in total. The number of carbonyl (C=O) groups is 1. The minimum absolute atomic E-state index is 0.0731. The van der Waals surface area contributed by atoms with Gasteiger partial charge >= 0.3 is 0 Å². The Labute approximate surface area is 231 Å². The van der Waals surface area contributed by atoms with Crippen molar-refractivity contribution in [1.82, 2.24) is 14.9 Å². The number of amides is 1. The molecular formula is C31H39N5O3. The summed E-state index contributed by atoms with van der Waals surface area (Å²) in [4.78, 5) is 37.9. The zero-order valence-electron chi connectivity index (χ0n) is 23.7.